The van der Waals surface area contributed by atoms with E-state index in [2.05, 4.69) is 27.9 Å². The van der Waals surface area contributed by atoms with E-state index in [1.54, 1.807) is 12.1 Å². The summed E-state index contributed by atoms with van der Waals surface area (Å²) in [6.07, 6.45) is 4.82. The molecule has 1 aromatic carbocycles. The van der Waals surface area contributed by atoms with Gasteiger partial charge < -0.3 is 15.2 Å². The van der Waals surface area contributed by atoms with Crippen LogP contribution in [-0.2, 0) is 20.0 Å². The molecule has 2 aromatic rings. The average molecular weight is 430 g/mol. The summed E-state index contributed by atoms with van der Waals surface area (Å²) in [6, 6.07) is 8.75. The Bertz CT molecular complexity index is 625. The number of hydrogen-bond acceptors (Lipinski definition) is 1. The molecule has 0 aliphatic carbocycles. The SMILES string of the molecule is CCNC(=NCc1ccn(C)c1)NCCc1cccc(F)c1.I. The molecule has 126 valence electrons. The van der Waals surface area contributed by atoms with Crippen molar-refractivity contribution in [3.05, 3.63) is 59.7 Å². The molecule has 0 bridgehead atoms. The second-order valence-electron chi connectivity index (χ2n) is 5.19. The number of halogens is 2. The number of nitrogens with one attached hydrogen (secondary N) is 2. The monoisotopic (exact) mass is 430 g/mol. The zero-order chi connectivity index (χ0) is 15.8. The Hall–Kier alpha value is -1.57. The highest BCUT2D eigenvalue weighted by Gasteiger charge is 2.00. The summed E-state index contributed by atoms with van der Waals surface area (Å²) >= 11 is 0. The predicted molar refractivity (Wildman–Crippen MR) is 104 cm³/mol. The standard InChI is InChI=1S/C17H23FN4.HI/c1-3-19-17(21-12-15-8-10-22(2)13-15)20-9-7-14-5-4-6-16(18)11-14;/h4-6,8,10-11,13H,3,7,9,12H2,1-2H3,(H2,19,20,21);1H. The molecular formula is C17H24FIN4. The van der Waals surface area contributed by atoms with Crippen LogP contribution in [0.1, 0.15) is 18.1 Å². The molecule has 0 amide bonds. The smallest absolute Gasteiger partial charge is 0.191 e. The third-order valence-electron chi connectivity index (χ3n) is 3.25. The van der Waals surface area contributed by atoms with Crippen molar-refractivity contribution in [2.24, 2.45) is 12.0 Å². The number of hydrogen-bond donors (Lipinski definition) is 2. The van der Waals surface area contributed by atoms with Crippen LogP contribution >= 0.6 is 24.0 Å². The quantitative estimate of drug-likeness (QED) is 0.420. The number of guanidine groups is 1. The molecule has 6 heteroatoms. The van der Waals surface area contributed by atoms with E-state index in [0.29, 0.717) is 13.1 Å². The molecule has 0 saturated carbocycles. The van der Waals surface area contributed by atoms with Gasteiger partial charge in [0.15, 0.2) is 5.96 Å². The molecule has 4 nitrogen and oxygen atoms in total. The van der Waals surface area contributed by atoms with Gasteiger partial charge in [-0.15, -0.1) is 24.0 Å². The largest absolute Gasteiger partial charge is 0.357 e. The van der Waals surface area contributed by atoms with E-state index in [1.807, 2.05) is 30.8 Å². The van der Waals surface area contributed by atoms with Crippen LogP contribution in [0.15, 0.2) is 47.7 Å². The minimum absolute atomic E-state index is 0. The van der Waals surface area contributed by atoms with Crippen LogP contribution in [0.2, 0.25) is 0 Å². The van der Waals surface area contributed by atoms with Crippen LogP contribution in [0.4, 0.5) is 4.39 Å². The fourth-order valence-corrected chi connectivity index (χ4v) is 2.18. The maximum absolute atomic E-state index is 13.1. The van der Waals surface area contributed by atoms with Crippen LogP contribution in [0, 0.1) is 5.82 Å². The molecule has 2 rings (SSSR count). The van der Waals surface area contributed by atoms with E-state index < -0.39 is 0 Å². The molecule has 1 heterocycles. The first-order chi connectivity index (χ1) is 10.7. The summed E-state index contributed by atoms with van der Waals surface area (Å²) in [5, 5.41) is 6.49. The Morgan fingerprint density at radius 1 is 1.22 bits per heavy atom. The van der Waals surface area contributed by atoms with E-state index in [4.69, 9.17) is 0 Å². The molecule has 1 aromatic heterocycles. The van der Waals surface area contributed by atoms with Gasteiger partial charge in [0, 0.05) is 32.5 Å². The Morgan fingerprint density at radius 2 is 2.04 bits per heavy atom. The van der Waals surface area contributed by atoms with Crippen LogP contribution in [0.3, 0.4) is 0 Å². The lowest BCUT2D eigenvalue weighted by Gasteiger charge is -2.11. The van der Waals surface area contributed by atoms with Crippen molar-refractivity contribution in [1.82, 2.24) is 15.2 Å². The Morgan fingerprint density at radius 3 is 2.70 bits per heavy atom. The first-order valence-corrected chi connectivity index (χ1v) is 7.55. The average Bonchev–Trinajstić information content (AvgIpc) is 2.90. The zero-order valence-corrected chi connectivity index (χ0v) is 15.9. The van der Waals surface area contributed by atoms with Crippen molar-refractivity contribution in [3.8, 4) is 0 Å². The third-order valence-corrected chi connectivity index (χ3v) is 3.25. The first kappa shape index (κ1) is 19.5. The van der Waals surface area contributed by atoms with Gasteiger partial charge in [0.2, 0.25) is 0 Å². The van der Waals surface area contributed by atoms with Crippen LogP contribution in [0.5, 0.6) is 0 Å². The highest BCUT2D eigenvalue weighted by Crippen LogP contribution is 2.04. The van der Waals surface area contributed by atoms with E-state index in [1.165, 1.54) is 11.6 Å². The second kappa shape index (κ2) is 10.3. The van der Waals surface area contributed by atoms with E-state index >= 15 is 0 Å². The summed E-state index contributed by atoms with van der Waals surface area (Å²) in [5.74, 6) is 0.588. The third kappa shape index (κ3) is 7.02. The molecular weight excluding hydrogens is 406 g/mol. The normalized spacial score (nSPS) is 11.0. The molecule has 0 atom stereocenters. The van der Waals surface area contributed by atoms with E-state index in [9.17, 15) is 4.39 Å². The van der Waals surface area contributed by atoms with Gasteiger partial charge in [-0.05, 0) is 42.7 Å². The molecule has 0 fully saturated rings. The van der Waals surface area contributed by atoms with Gasteiger partial charge in [0.05, 0.1) is 6.54 Å². The summed E-state index contributed by atoms with van der Waals surface area (Å²) in [4.78, 5) is 4.55. The van der Waals surface area contributed by atoms with Gasteiger partial charge in [-0.25, -0.2) is 9.38 Å². The lowest BCUT2D eigenvalue weighted by Crippen LogP contribution is -2.38. The Kier molecular flexibility index (Phi) is 8.68. The maximum Gasteiger partial charge on any atom is 0.191 e. The van der Waals surface area contributed by atoms with Crippen molar-refractivity contribution in [2.75, 3.05) is 13.1 Å². The highest BCUT2D eigenvalue weighted by molar-refractivity contribution is 14.0. The molecule has 0 spiro atoms. The van der Waals surface area contributed by atoms with Crippen molar-refractivity contribution in [3.63, 3.8) is 0 Å². The molecule has 2 N–H and O–H groups in total. The van der Waals surface area contributed by atoms with E-state index in [-0.39, 0.29) is 29.8 Å². The van der Waals surface area contributed by atoms with Gasteiger partial charge in [-0.3, -0.25) is 0 Å². The lowest BCUT2D eigenvalue weighted by atomic mass is 10.1. The van der Waals surface area contributed by atoms with Crippen molar-refractivity contribution in [1.29, 1.82) is 0 Å². The number of aromatic nitrogens is 1. The van der Waals surface area contributed by atoms with E-state index in [0.717, 1.165) is 24.5 Å². The number of benzene rings is 1. The van der Waals surface area contributed by atoms with Crippen LogP contribution < -0.4 is 10.6 Å². The molecule has 0 radical (unpaired) electrons. The van der Waals surface area contributed by atoms with Crippen LogP contribution in [0.25, 0.3) is 0 Å². The summed E-state index contributed by atoms with van der Waals surface area (Å²) in [6.45, 7) is 4.19. The van der Waals surface area contributed by atoms with Crippen molar-refractivity contribution >= 4 is 29.9 Å². The number of aryl methyl sites for hydroxylation is 1. The Balaban J connectivity index is 0.00000264. The van der Waals surface area contributed by atoms with Gasteiger partial charge in [-0.2, -0.15) is 0 Å². The Labute approximate surface area is 154 Å². The summed E-state index contributed by atoms with van der Waals surface area (Å²) in [5.41, 5.74) is 2.15. The number of rotatable bonds is 6. The van der Waals surface area contributed by atoms with Gasteiger partial charge in [0.1, 0.15) is 5.82 Å². The summed E-state index contributed by atoms with van der Waals surface area (Å²) in [7, 11) is 2.00. The molecule has 0 aliphatic rings. The minimum atomic E-state index is -0.192. The molecule has 0 unspecified atom stereocenters. The molecule has 0 aliphatic heterocycles. The highest BCUT2D eigenvalue weighted by atomic mass is 127. The van der Waals surface area contributed by atoms with Crippen LogP contribution in [-0.4, -0.2) is 23.6 Å². The minimum Gasteiger partial charge on any atom is -0.357 e. The maximum atomic E-state index is 13.1. The topological polar surface area (TPSA) is 41.4 Å². The van der Waals surface area contributed by atoms with Gasteiger partial charge in [0.25, 0.3) is 0 Å². The number of aliphatic imine (C=N–C) groups is 1. The fourth-order valence-electron chi connectivity index (χ4n) is 2.18. The fraction of sp³-hybridized carbons (Fsp3) is 0.353. The van der Waals surface area contributed by atoms with Gasteiger partial charge >= 0.3 is 0 Å². The van der Waals surface area contributed by atoms with Crippen molar-refractivity contribution in [2.45, 2.75) is 19.9 Å². The lowest BCUT2D eigenvalue weighted by molar-refractivity contribution is 0.625. The second-order valence-corrected chi connectivity index (χ2v) is 5.19. The number of nitrogens with zero attached hydrogens (tertiary/aromatic N) is 2. The predicted octanol–water partition coefficient (Wildman–Crippen LogP) is 3.08. The molecule has 0 saturated heterocycles. The first-order valence-electron chi connectivity index (χ1n) is 7.55. The van der Waals surface area contributed by atoms with Gasteiger partial charge in [-0.1, -0.05) is 12.1 Å². The zero-order valence-electron chi connectivity index (χ0n) is 13.6. The molecule has 23 heavy (non-hydrogen) atoms. The van der Waals surface area contributed by atoms with Crippen molar-refractivity contribution < 1.29 is 4.39 Å². The summed E-state index contributed by atoms with van der Waals surface area (Å²) < 4.78 is 15.1.